The quantitative estimate of drug-likeness (QED) is 0.249. The molecule has 166 valence electrons. The number of carbonyl (C=O) groups is 1. The molecule has 0 aliphatic rings. The summed E-state index contributed by atoms with van der Waals surface area (Å²) < 4.78 is 12.7. The van der Waals surface area contributed by atoms with Gasteiger partial charge in [-0.3, -0.25) is 14.3 Å². The first-order valence-corrected chi connectivity index (χ1v) is 11.4. The van der Waals surface area contributed by atoms with Gasteiger partial charge in [0.25, 0.3) is 5.56 Å². The van der Waals surface area contributed by atoms with Gasteiger partial charge in [-0.2, -0.15) is 5.10 Å². The summed E-state index contributed by atoms with van der Waals surface area (Å²) in [5.41, 5.74) is 2.15. The number of carbonyl (C=O) groups excluding carboxylic acids is 1. The van der Waals surface area contributed by atoms with E-state index in [0.29, 0.717) is 54.5 Å². The van der Waals surface area contributed by atoms with Gasteiger partial charge in [0.2, 0.25) is 5.88 Å². The van der Waals surface area contributed by atoms with Crippen molar-refractivity contribution >= 4 is 32.7 Å². The summed E-state index contributed by atoms with van der Waals surface area (Å²) in [6.45, 7) is 5.52. The molecular formula is C21H26BrN5O4. The number of pyridine rings is 1. The highest BCUT2D eigenvalue weighted by Crippen LogP contribution is 2.28. The summed E-state index contributed by atoms with van der Waals surface area (Å²) in [6.07, 6.45) is 3.96. The maximum absolute atomic E-state index is 12.8. The average molecular weight is 492 g/mol. The number of unbranched alkanes of at least 4 members (excludes halogenated alkanes) is 1. The van der Waals surface area contributed by atoms with Gasteiger partial charge in [-0.15, -0.1) is 0 Å². The Labute approximate surface area is 188 Å². The van der Waals surface area contributed by atoms with Gasteiger partial charge in [-0.1, -0.05) is 36.2 Å². The minimum Gasteiger partial charge on any atom is -0.477 e. The lowest BCUT2D eigenvalue weighted by Gasteiger charge is -2.11. The number of Topliss-reactive ketones (excluding diaryl/α,β-unsaturated/α-hetero) is 1. The molecule has 0 aliphatic carbocycles. The van der Waals surface area contributed by atoms with Crippen molar-refractivity contribution in [3.05, 3.63) is 33.9 Å². The molecule has 9 nitrogen and oxygen atoms in total. The number of rotatable bonds is 11. The van der Waals surface area contributed by atoms with Gasteiger partial charge in [-0.05, 0) is 18.9 Å². The third-order valence-electron chi connectivity index (χ3n) is 4.83. The first kappa shape index (κ1) is 23.1. The number of fused-ring (bicyclic) bond motifs is 1. The molecule has 0 bridgehead atoms. The van der Waals surface area contributed by atoms with Gasteiger partial charge < -0.3 is 14.5 Å². The smallest absolute Gasteiger partial charge is 0.279 e. The zero-order chi connectivity index (χ0) is 22.4. The van der Waals surface area contributed by atoms with Crippen LogP contribution < -0.4 is 10.3 Å². The van der Waals surface area contributed by atoms with Crippen molar-refractivity contribution in [2.75, 3.05) is 25.7 Å². The number of hydrogen-bond donors (Lipinski definition) is 1. The first-order chi connectivity index (χ1) is 15.0. The molecule has 3 aromatic heterocycles. The minimum absolute atomic E-state index is 0.126. The van der Waals surface area contributed by atoms with Crippen LogP contribution in [-0.4, -0.2) is 56.2 Å². The molecule has 10 heteroatoms. The summed E-state index contributed by atoms with van der Waals surface area (Å²) >= 11 is 3.19. The second-order valence-corrected chi connectivity index (χ2v) is 7.52. The number of hydrogen-bond acceptors (Lipinski definition) is 7. The molecule has 0 unspecified atom stereocenters. The lowest BCUT2D eigenvalue weighted by molar-refractivity contribution is 0.102. The molecule has 0 radical (unpaired) electrons. The normalized spacial score (nSPS) is 11.2. The second kappa shape index (κ2) is 10.6. The van der Waals surface area contributed by atoms with Crippen LogP contribution in [0.15, 0.2) is 17.1 Å². The number of aryl methyl sites for hydroxylation is 1. The van der Waals surface area contributed by atoms with Crippen LogP contribution in [0.2, 0.25) is 0 Å². The average Bonchev–Trinajstić information content (AvgIpc) is 3.15. The predicted molar refractivity (Wildman–Crippen MR) is 121 cm³/mol. The molecular weight excluding hydrogens is 466 g/mol. The molecule has 3 heterocycles. The third kappa shape index (κ3) is 5.01. The van der Waals surface area contributed by atoms with E-state index in [1.807, 2.05) is 6.92 Å². The van der Waals surface area contributed by atoms with Crippen molar-refractivity contribution in [1.82, 2.24) is 24.7 Å². The van der Waals surface area contributed by atoms with Crippen LogP contribution in [-0.2, 0) is 17.7 Å². The van der Waals surface area contributed by atoms with Crippen LogP contribution in [0.5, 0.6) is 5.88 Å². The minimum atomic E-state index is -0.359. The monoisotopic (exact) mass is 491 g/mol. The van der Waals surface area contributed by atoms with Crippen molar-refractivity contribution in [1.29, 1.82) is 0 Å². The Kier molecular flexibility index (Phi) is 7.91. The lowest BCUT2D eigenvalue weighted by atomic mass is 10.1. The van der Waals surface area contributed by atoms with E-state index in [1.165, 1.54) is 6.20 Å². The zero-order valence-electron chi connectivity index (χ0n) is 17.9. The molecule has 3 aromatic rings. The van der Waals surface area contributed by atoms with Crippen LogP contribution in [0.1, 0.15) is 42.7 Å². The van der Waals surface area contributed by atoms with Crippen LogP contribution >= 0.6 is 15.9 Å². The van der Waals surface area contributed by atoms with Gasteiger partial charge >= 0.3 is 0 Å². The zero-order valence-corrected chi connectivity index (χ0v) is 19.5. The molecule has 0 amide bonds. The molecule has 1 N–H and O–H groups in total. The Bertz CT molecular complexity index is 1120. The van der Waals surface area contributed by atoms with Crippen LogP contribution in [0, 0.1) is 0 Å². The molecule has 0 fully saturated rings. The highest BCUT2D eigenvalue weighted by atomic mass is 79.9. The predicted octanol–water partition coefficient (Wildman–Crippen LogP) is 3.15. The van der Waals surface area contributed by atoms with Crippen molar-refractivity contribution in [3.8, 4) is 17.3 Å². The second-order valence-electron chi connectivity index (χ2n) is 6.96. The molecule has 0 aromatic carbocycles. The largest absolute Gasteiger partial charge is 0.477 e. The van der Waals surface area contributed by atoms with Gasteiger partial charge in [0, 0.05) is 18.9 Å². The Morgan fingerprint density at radius 3 is 2.74 bits per heavy atom. The first-order valence-electron chi connectivity index (χ1n) is 10.2. The Morgan fingerprint density at radius 2 is 2.06 bits per heavy atom. The Balaban J connectivity index is 2.16. The maximum atomic E-state index is 12.8. The summed E-state index contributed by atoms with van der Waals surface area (Å²) in [7, 11) is 1.62. The van der Waals surface area contributed by atoms with E-state index in [0.717, 1.165) is 18.5 Å². The molecule has 0 atom stereocenters. The van der Waals surface area contributed by atoms with Crippen molar-refractivity contribution in [2.45, 2.75) is 39.7 Å². The standard InChI is InChI=1S/C21H26BrN5O4/c1-4-6-8-31-21-14(10-13(12-23-21)16(28)11-22)19-24-17-15(5-2)27(7-9-30-3)26-18(17)20(29)25-19/h10,12H,4-9,11H2,1-3H3,(H,24,25,29). The fourth-order valence-corrected chi connectivity index (χ4v) is 3.51. The number of aromatic nitrogens is 5. The van der Waals surface area contributed by atoms with Crippen LogP contribution in [0.3, 0.4) is 0 Å². The summed E-state index contributed by atoms with van der Waals surface area (Å²) in [4.78, 5) is 36.9. The summed E-state index contributed by atoms with van der Waals surface area (Å²) in [6, 6.07) is 1.66. The van der Waals surface area contributed by atoms with E-state index < -0.39 is 0 Å². The molecule has 0 aliphatic heterocycles. The van der Waals surface area contributed by atoms with Crippen molar-refractivity contribution < 1.29 is 14.3 Å². The number of ketones is 1. The number of nitrogens with one attached hydrogen (secondary N) is 1. The van der Waals surface area contributed by atoms with Crippen LogP contribution in [0.25, 0.3) is 22.4 Å². The third-order valence-corrected chi connectivity index (χ3v) is 5.34. The van der Waals surface area contributed by atoms with E-state index in [4.69, 9.17) is 14.5 Å². The maximum Gasteiger partial charge on any atom is 0.279 e. The SMILES string of the molecule is CCCCOc1ncc(C(=O)CBr)cc1-c1nc2c(CC)n(CCOC)nc2c(=O)[nH]1. The molecule has 3 rings (SSSR count). The molecule has 0 spiro atoms. The number of aromatic amines is 1. The molecule has 0 saturated carbocycles. The van der Waals surface area contributed by atoms with Gasteiger partial charge in [-0.25, -0.2) is 9.97 Å². The van der Waals surface area contributed by atoms with Crippen LogP contribution in [0.4, 0.5) is 0 Å². The highest BCUT2D eigenvalue weighted by molar-refractivity contribution is 9.09. The fourth-order valence-electron chi connectivity index (χ4n) is 3.18. The van der Waals surface area contributed by atoms with Gasteiger partial charge in [0.05, 0.1) is 36.3 Å². The molecule has 31 heavy (non-hydrogen) atoms. The van der Waals surface area contributed by atoms with E-state index in [2.05, 4.69) is 37.9 Å². The molecule has 0 saturated heterocycles. The van der Waals surface area contributed by atoms with Crippen molar-refractivity contribution in [2.24, 2.45) is 0 Å². The lowest BCUT2D eigenvalue weighted by Crippen LogP contribution is -2.12. The topological polar surface area (TPSA) is 112 Å². The van der Waals surface area contributed by atoms with E-state index in [1.54, 1.807) is 17.9 Å². The highest BCUT2D eigenvalue weighted by Gasteiger charge is 2.20. The number of halogens is 1. The summed E-state index contributed by atoms with van der Waals surface area (Å²) in [5.74, 6) is 0.493. The van der Waals surface area contributed by atoms with Gasteiger partial charge in [0.15, 0.2) is 11.3 Å². The number of methoxy groups -OCH3 is 1. The fraction of sp³-hybridized carbons (Fsp3) is 0.476. The van der Waals surface area contributed by atoms with E-state index in [9.17, 15) is 9.59 Å². The number of alkyl halides is 1. The van der Waals surface area contributed by atoms with E-state index >= 15 is 0 Å². The Hall–Kier alpha value is -2.59. The van der Waals surface area contributed by atoms with Crippen molar-refractivity contribution in [3.63, 3.8) is 0 Å². The number of ether oxygens (including phenoxy) is 2. The number of nitrogens with zero attached hydrogens (tertiary/aromatic N) is 4. The Morgan fingerprint density at radius 1 is 1.26 bits per heavy atom. The number of H-pyrrole nitrogens is 1. The van der Waals surface area contributed by atoms with E-state index in [-0.39, 0.29) is 22.2 Å². The van der Waals surface area contributed by atoms with Gasteiger partial charge in [0.1, 0.15) is 11.3 Å². The summed E-state index contributed by atoms with van der Waals surface area (Å²) in [5, 5.41) is 4.59.